The highest BCUT2D eigenvalue weighted by molar-refractivity contribution is 7.90. The van der Waals surface area contributed by atoms with E-state index >= 15 is 0 Å². The molecule has 1 unspecified atom stereocenters. The van der Waals surface area contributed by atoms with Gasteiger partial charge in [0, 0.05) is 23.2 Å². The largest absolute Gasteiger partial charge is 0.444 e. The van der Waals surface area contributed by atoms with Crippen molar-refractivity contribution in [3.63, 3.8) is 0 Å². The summed E-state index contributed by atoms with van der Waals surface area (Å²) in [5, 5.41) is 2.96. The van der Waals surface area contributed by atoms with Gasteiger partial charge in [0.05, 0.1) is 11.6 Å². The minimum atomic E-state index is -4.46. The second-order valence-corrected chi connectivity index (χ2v) is 16.0. The summed E-state index contributed by atoms with van der Waals surface area (Å²) in [6, 6.07) is 16.5. The van der Waals surface area contributed by atoms with E-state index in [0.29, 0.717) is 18.7 Å². The fourth-order valence-electron chi connectivity index (χ4n) is 5.55. The molecule has 1 aliphatic rings. The highest BCUT2D eigenvalue weighted by Crippen LogP contribution is 2.39. The molecule has 46 heavy (non-hydrogen) atoms. The highest BCUT2D eigenvalue weighted by atomic mass is 32.2. The molecular weight excluding hydrogens is 609 g/mol. The first-order valence-corrected chi connectivity index (χ1v) is 16.8. The number of anilines is 1. The van der Waals surface area contributed by atoms with Gasteiger partial charge in [-0.05, 0) is 83.2 Å². The topological polar surface area (TPSA) is 131 Å². The number of benzene rings is 1. The van der Waals surface area contributed by atoms with Crippen LogP contribution < -0.4 is 10.0 Å². The maximum atomic E-state index is 14.7. The van der Waals surface area contributed by atoms with E-state index in [1.54, 1.807) is 11.0 Å². The number of sulfonamides is 1. The van der Waals surface area contributed by atoms with E-state index in [1.807, 2.05) is 90.4 Å². The second kappa shape index (κ2) is 13.0. The minimum Gasteiger partial charge on any atom is -0.444 e. The molecule has 2 aromatic heterocycles. The number of pyridine rings is 2. The molecule has 0 spiro atoms. The first kappa shape index (κ1) is 34.8. The Kier molecular flexibility index (Phi) is 9.82. The summed E-state index contributed by atoms with van der Waals surface area (Å²) in [6.07, 6.45) is 1.01. The van der Waals surface area contributed by atoms with Crippen LogP contribution in [0.3, 0.4) is 0 Å². The molecule has 3 aromatic rings. The van der Waals surface area contributed by atoms with Crippen LogP contribution in [0.25, 0.3) is 0 Å². The molecule has 1 aliphatic heterocycles. The molecule has 1 saturated heterocycles. The molecule has 10 nitrogen and oxygen atoms in total. The first-order chi connectivity index (χ1) is 21.2. The van der Waals surface area contributed by atoms with E-state index < -0.39 is 49.0 Å². The summed E-state index contributed by atoms with van der Waals surface area (Å²) >= 11 is 0. The molecule has 0 saturated carbocycles. The zero-order chi connectivity index (χ0) is 34.1. The fourth-order valence-corrected chi connectivity index (χ4v) is 6.49. The summed E-state index contributed by atoms with van der Waals surface area (Å²) in [7, 11) is -4.46. The summed E-state index contributed by atoms with van der Waals surface area (Å²) in [4.78, 5) is 35.7. The Bertz CT molecular complexity index is 1680. The van der Waals surface area contributed by atoms with Gasteiger partial charge in [-0.25, -0.2) is 19.5 Å². The Morgan fingerprint density at radius 3 is 2.28 bits per heavy atom. The lowest BCUT2D eigenvalue weighted by Gasteiger charge is -2.33. The van der Waals surface area contributed by atoms with Crippen LogP contribution in [0.5, 0.6) is 0 Å². The number of amides is 2. The summed E-state index contributed by atoms with van der Waals surface area (Å²) in [5.74, 6) is -1.83. The van der Waals surface area contributed by atoms with E-state index in [0.717, 1.165) is 12.0 Å². The predicted molar refractivity (Wildman–Crippen MR) is 174 cm³/mol. The van der Waals surface area contributed by atoms with Gasteiger partial charge in [0.2, 0.25) is 5.95 Å². The number of nitrogens with zero attached hydrogens (tertiary/aromatic N) is 3. The van der Waals surface area contributed by atoms with Gasteiger partial charge < -0.3 is 15.0 Å². The molecule has 0 radical (unpaired) electrons. The molecule has 2 amide bonds. The number of likely N-dealkylation sites (tertiary alicyclic amines) is 1. The lowest BCUT2D eigenvalue weighted by Crippen LogP contribution is -2.45. The number of carbonyl (C=O) groups is 2. The van der Waals surface area contributed by atoms with Gasteiger partial charge >= 0.3 is 6.09 Å². The summed E-state index contributed by atoms with van der Waals surface area (Å²) in [5.41, 5.74) is -0.589. The van der Waals surface area contributed by atoms with Crippen LogP contribution in [0.4, 0.5) is 15.0 Å². The van der Waals surface area contributed by atoms with E-state index in [2.05, 4.69) is 15.3 Å². The predicted octanol–water partition coefficient (Wildman–Crippen LogP) is 6.61. The number of nitrogens with one attached hydrogen (secondary N) is 2. The van der Waals surface area contributed by atoms with E-state index in [-0.39, 0.29) is 23.9 Å². The van der Waals surface area contributed by atoms with Crippen LogP contribution in [-0.2, 0) is 20.2 Å². The van der Waals surface area contributed by atoms with Crippen molar-refractivity contribution in [1.82, 2.24) is 19.6 Å². The Morgan fingerprint density at radius 2 is 1.67 bits per heavy atom. The van der Waals surface area contributed by atoms with Crippen molar-refractivity contribution >= 4 is 27.8 Å². The van der Waals surface area contributed by atoms with Crippen molar-refractivity contribution < 1.29 is 27.1 Å². The fraction of sp³-hybridized carbons (Fsp3) is 0.471. The SMILES string of the molecule is CC(C)(C)OC(=O)N1C[C@@H](CC(Nc2cccc(S(=O)(=O)NC(=O)c3ccc(C(C)(C)C)nc3F)n2)c2ccccc2)CC1(C)C. The average molecular weight is 654 g/mol. The second-order valence-electron chi connectivity index (χ2n) is 14.4. The third-order valence-corrected chi connectivity index (χ3v) is 8.99. The number of rotatable bonds is 8. The molecule has 12 heteroatoms. The molecule has 2 N–H and O–H groups in total. The Hall–Kier alpha value is -4.06. The monoisotopic (exact) mass is 653 g/mol. The van der Waals surface area contributed by atoms with Gasteiger partial charge in [0.25, 0.3) is 15.9 Å². The molecule has 0 aliphatic carbocycles. The Morgan fingerprint density at radius 1 is 1.00 bits per heavy atom. The smallest absolute Gasteiger partial charge is 0.410 e. The zero-order valence-corrected chi connectivity index (χ0v) is 28.5. The lowest BCUT2D eigenvalue weighted by molar-refractivity contribution is 0.0130. The highest BCUT2D eigenvalue weighted by Gasteiger charge is 2.43. The molecule has 248 valence electrons. The van der Waals surface area contributed by atoms with E-state index in [4.69, 9.17) is 4.74 Å². The quantitative estimate of drug-likeness (QED) is 0.260. The third kappa shape index (κ3) is 8.60. The maximum absolute atomic E-state index is 14.7. The number of halogens is 1. The Labute approximate surface area is 271 Å². The van der Waals surface area contributed by atoms with E-state index in [1.165, 1.54) is 24.3 Å². The molecule has 3 heterocycles. The van der Waals surface area contributed by atoms with Gasteiger partial charge in [0.1, 0.15) is 11.4 Å². The Balaban J connectivity index is 1.53. The molecule has 1 fully saturated rings. The minimum absolute atomic E-state index is 0.111. The molecule has 1 aromatic carbocycles. The lowest BCUT2D eigenvalue weighted by atomic mass is 9.89. The normalized spacial score (nSPS) is 17.3. The van der Waals surface area contributed by atoms with Gasteiger partial charge in [-0.15, -0.1) is 0 Å². The van der Waals surface area contributed by atoms with Crippen molar-refractivity contribution in [3.8, 4) is 0 Å². The molecule has 2 atom stereocenters. The number of aromatic nitrogens is 2. The van der Waals surface area contributed by atoms with Gasteiger partial charge in [-0.3, -0.25) is 4.79 Å². The standard InChI is InChI=1S/C34H44FN5O5S/c1-32(2,3)26-18-17-24(29(35)37-26)30(41)39-46(43,44)28-16-12-15-27(38-28)36-25(23-13-10-9-11-14-23)19-22-20-34(7,8)40(21-22)31(42)45-33(4,5)6/h9-18,22,25H,19-21H2,1-8H3,(H,36,38)(H,39,41)/t22-,25?/m0/s1. The van der Waals surface area contributed by atoms with Crippen LogP contribution >= 0.6 is 0 Å². The number of hydrogen-bond donors (Lipinski definition) is 2. The first-order valence-electron chi connectivity index (χ1n) is 15.3. The van der Waals surface area contributed by atoms with Crippen molar-refractivity contribution in [2.45, 2.75) is 95.9 Å². The average Bonchev–Trinajstić information content (AvgIpc) is 3.25. The number of hydrogen-bond acceptors (Lipinski definition) is 8. The van der Waals surface area contributed by atoms with E-state index in [9.17, 15) is 22.4 Å². The molecule has 4 rings (SSSR count). The van der Waals surface area contributed by atoms with Crippen LogP contribution in [0.15, 0.2) is 65.7 Å². The number of ether oxygens (including phenoxy) is 1. The van der Waals surface area contributed by atoms with Gasteiger partial charge in [0.15, 0.2) is 5.03 Å². The van der Waals surface area contributed by atoms with Crippen molar-refractivity contribution in [2.75, 3.05) is 11.9 Å². The zero-order valence-electron chi connectivity index (χ0n) is 27.7. The van der Waals surface area contributed by atoms with Crippen LogP contribution in [0.1, 0.15) is 95.9 Å². The van der Waals surface area contributed by atoms with Crippen LogP contribution in [0, 0.1) is 11.9 Å². The van der Waals surface area contributed by atoms with Crippen LogP contribution in [-0.4, -0.2) is 53.0 Å². The summed E-state index contributed by atoms with van der Waals surface area (Å²) in [6.45, 7) is 15.6. The van der Waals surface area contributed by atoms with Crippen molar-refractivity contribution in [2.24, 2.45) is 5.92 Å². The van der Waals surface area contributed by atoms with Gasteiger partial charge in [-0.1, -0.05) is 57.2 Å². The number of carbonyl (C=O) groups excluding carboxylic acids is 2. The summed E-state index contributed by atoms with van der Waals surface area (Å²) < 4.78 is 48.7. The third-order valence-electron chi connectivity index (χ3n) is 7.75. The van der Waals surface area contributed by atoms with Gasteiger partial charge in [-0.2, -0.15) is 12.8 Å². The molecular formula is C34H44FN5O5S. The van der Waals surface area contributed by atoms with Crippen molar-refractivity contribution in [1.29, 1.82) is 0 Å². The molecule has 0 bridgehead atoms. The van der Waals surface area contributed by atoms with Crippen LogP contribution in [0.2, 0.25) is 0 Å². The maximum Gasteiger partial charge on any atom is 0.410 e. The van der Waals surface area contributed by atoms with Crippen molar-refractivity contribution in [3.05, 3.63) is 83.4 Å².